The molecule has 1 aliphatic rings. The molecule has 0 amide bonds. The summed E-state index contributed by atoms with van der Waals surface area (Å²) in [4.78, 5) is 3.37. The summed E-state index contributed by atoms with van der Waals surface area (Å²) in [6.45, 7) is 3.57. The van der Waals surface area contributed by atoms with Crippen LogP contribution in [0.2, 0.25) is 0 Å². The smallest absolute Gasteiger partial charge is 0.110 e. The average molecular weight is 214 g/mol. The van der Waals surface area contributed by atoms with Crippen molar-refractivity contribution >= 4 is 11.3 Å². The van der Waals surface area contributed by atoms with E-state index >= 15 is 0 Å². The van der Waals surface area contributed by atoms with Gasteiger partial charge >= 0.3 is 0 Å². The van der Waals surface area contributed by atoms with E-state index in [9.17, 15) is 4.39 Å². The predicted octanol–water partition coefficient (Wildman–Crippen LogP) is 1.66. The molecule has 2 rings (SSSR count). The Morgan fingerprint density at radius 1 is 1.50 bits per heavy atom. The molecular formula is C10H15FN2S. The van der Waals surface area contributed by atoms with Gasteiger partial charge < -0.3 is 5.32 Å². The standard InChI is InChI=1S/C10H15FN2S/c11-8-9(10-2-1-7-14-10)13-5-3-12-4-6-13/h1-2,7,9,12H,3-6,8H2/t9-/m0/s1. The molecule has 0 bridgehead atoms. The zero-order chi connectivity index (χ0) is 9.80. The molecular weight excluding hydrogens is 199 g/mol. The van der Waals surface area contributed by atoms with Crippen molar-refractivity contribution in [2.24, 2.45) is 0 Å². The molecule has 14 heavy (non-hydrogen) atoms. The lowest BCUT2D eigenvalue weighted by Crippen LogP contribution is -2.45. The summed E-state index contributed by atoms with van der Waals surface area (Å²) in [5.41, 5.74) is 0. The SMILES string of the molecule is FC[C@@H](c1cccs1)N1CCNCC1. The number of piperazine rings is 1. The minimum atomic E-state index is -0.277. The lowest BCUT2D eigenvalue weighted by atomic mass is 10.2. The maximum Gasteiger partial charge on any atom is 0.110 e. The number of hydrogen-bond donors (Lipinski definition) is 1. The van der Waals surface area contributed by atoms with E-state index < -0.39 is 0 Å². The summed E-state index contributed by atoms with van der Waals surface area (Å²) >= 11 is 1.65. The third kappa shape index (κ3) is 2.13. The predicted molar refractivity (Wildman–Crippen MR) is 57.5 cm³/mol. The highest BCUT2D eigenvalue weighted by molar-refractivity contribution is 7.10. The highest BCUT2D eigenvalue weighted by atomic mass is 32.1. The van der Waals surface area contributed by atoms with Crippen LogP contribution in [-0.4, -0.2) is 37.8 Å². The van der Waals surface area contributed by atoms with Gasteiger partial charge in [-0.3, -0.25) is 4.90 Å². The van der Waals surface area contributed by atoms with Gasteiger partial charge in [0.05, 0.1) is 6.04 Å². The summed E-state index contributed by atoms with van der Waals surface area (Å²) in [5.74, 6) is 0. The Kier molecular flexibility index (Phi) is 3.50. The van der Waals surface area contributed by atoms with Gasteiger partial charge in [-0.05, 0) is 11.4 Å². The molecule has 0 saturated carbocycles. The number of alkyl halides is 1. The van der Waals surface area contributed by atoms with Gasteiger partial charge in [-0.2, -0.15) is 0 Å². The van der Waals surface area contributed by atoms with E-state index in [-0.39, 0.29) is 12.7 Å². The van der Waals surface area contributed by atoms with E-state index in [2.05, 4.69) is 10.2 Å². The van der Waals surface area contributed by atoms with Crippen molar-refractivity contribution in [3.05, 3.63) is 22.4 Å². The van der Waals surface area contributed by atoms with Crippen molar-refractivity contribution < 1.29 is 4.39 Å². The molecule has 2 nitrogen and oxygen atoms in total. The van der Waals surface area contributed by atoms with Gasteiger partial charge in [0, 0.05) is 31.1 Å². The van der Waals surface area contributed by atoms with Crippen molar-refractivity contribution in [1.29, 1.82) is 0 Å². The zero-order valence-corrected chi connectivity index (χ0v) is 8.89. The van der Waals surface area contributed by atoms with Gasteiger partial charge in [-0.25, -0.2) is 4.39 Å². The van der Waals surface area contributed by atoms with Gasteiger partial charge in [0.2, 0.25) is 0 Å². The third-order valence-corrected chi connectivity index (χ3v) is 3.58. The first kappa shape index (κ1) is 10.1. The van der Waals surface area contributed by atoms with Gasteiger partial charge in [-0.1, -0.05) is 6.07 Å². The maximum absolute atomic E-state index is 12.9. The van der Waals surface area contributed by atoms with Crippen molar-refractivity contribution in [2.45, 2.75) is 6.04 Å². The van der Waals surface area contributed by atoms with E-state index in [1.165, 1.54) is 0 Å². The molecule has 1 fully saturated rings. The van der Waals surface area contributed by atoms with Crippen molar-refractivity contribution in [3.63, 3.8) is 0 Å². The molecule has 78 valence electrons. The lowest BCUT2D eigenvalue weighted by molar-refractivity contribution is 0.150. The molecule has 4 heteroatoms. The monoisotopic (exact) mass is 214 g/mol. The molecule has 1 aromatic heterocycles. The summed E-state index contributed by atoms with van der Waals surface area (Å²) in [6.07, 6.45) is 0. The normalized spacial score (nSPS) is 20.9. The largest absolute Gasteiger partial charge is 0.314 e. The van der Waals surface area contributed by atoms with Crippen molar-refractivity contribution in [2.75, 3.05) is 32.9 Å². The van der Waals surface area contributed by atoms with Crippen LogP contribution in [0.3, 0.4) is 0 Å². The Morgan fingerprint density at radius 2 is 2.29 bits per heavy atom. The first-order valence-electron chi connectivity index (χ1n) is 4.96. The average Bonchev–Trinajstić information content (AvgIpc) is 2.74. The van der Waals surface area contributed by atoms with Crippen LogP contribution in [0, 0.1) is 0 Å². The molecule has 0 radical (unpaired) electrons. The number of thiophene rings is 1. The topological polar surface area (TPSA) is 15.3 Å². The number of hydrogen-bond acceptors (Lipinski definition) is 3. The number of rotatable bonds is 3. The third-order valence-electron chi connectivity index (χ3n) is 2.61. The Bertz CT molecular complexity index is 257. The fourth-order valence-corrected chi connectivity index (χ4v) is 2.67. The van der Waals surface area contributed by atoms with Crippen LogP contribution >= 0.6 is 11.3 Å². The zero-order valence-electron chi connectivity index (χ0n) is 8.08. The van der Waals surface area contributed by atoms with Crippen LogP contribution in [0.5, 0.6) is 0 Å². The second-order valence-electron chi connectivity index (χ2n) is 3.47. The molecule has 1 aliphatic heterocycles. The van der Waals surface area contributed by atoms with Crippen LogP contribution in [0.4, 0.5) is 4.39 Å². The van der Waals surface area contributed by atoms with E-state index in [1.54, 1.807) is 11.3 Å². The van der Waals surface area contributed by atoms with Gasteiger partial charge in [0.15, 0.2) is 0 Å². The number of nitrogens with one attached hydrogen (secondary N) is 1. The molecule has 0 spiro atoms. The van der Waals surface area contributed by atoms with Crippen LogP contribution in [0.25, 0.3) is 0 Å². The minimum absolute atomic E-state index is 0.0166. The molecule has 1 aromatic rings. The van der Waals surface area contributed by atoms with Gasteiger partial charge in [0.1, 0.15) is 6.67 Å². The van der Waals surface area contributed by atoms with E-state index in [4.69, 9.17) is 0 Å². The summed E-state index contributed by atoms with van der Waals surface area (Å²) < 4.78 is 12.9. The Morgan fingerprint density at radius 3 is 2.86 bits per heavy atom. The van der Waals surface area contributed by atoms with Crippen LogP contribution in [-0.2, 0) is 0 Å². The molecule has 1 saturated heterocycles. The Hall–Kier alpha value is -0.450. The second-order valence-corrected chi connectivity index (χ2v) is 4.45. The first-order valence-corrected chi connectivity index (χ1v) is 5.84. The molecule has 0 aromatic carbocycles. The summed E-state index contributed by atoms with van der Waals surface area (Å²) in [7, 11) is 0. The molecule has 0 aliphatic carbocycles. The van der Waals surface area contributed by atoms with E-state index in [1.807, 2.05) is 17.5 Å². The molecule has 2 heterocycles. The quantitative estimate of drug-likeness (QED) is 0.823. The fraction of sp³-hybridized carbons (Fsp3) is 0.600. The lowest BCUT2D eigenvalue weighted by Gasteiger charge is -2.32. The highest BCUT2D eigenvalue weighted by Crippen LogP contribution is 2.25. The van der Waals surface area contributed by atoms with Crippen LogP contribution in [0.1, 0.15) is 10.9 Å². The molecule has 1 atom stereocenters. The maximum atomic E-state index is 12.9. The van der Waals surface area contributed by atoms with Crippen molar-refractivity contribution in [1.82, 2.24) is 10.2 Å². The van der Waals surface area contributed by atoms with Crippen LogP contribution in [0.15, 0.2) is 17.5 Å². The van der Waals surface area contributed by atoms with E-state index in [0.29, 0.717) is 0 Å². The van der Waals surface area contributed by atoms with Gasteiger partial charge in [-0.15, -0.1) is 11.3 Å². The van der Waals surface area contributed by atoms with Gasteiger partial charge in [0.25, 0.3) is 0 Å². The Labute approximate surface area is 87.7 Å². The van der Waals surface area contributed by atoms with Crippen LogP contribution < -0.4 is 5.32 Å². The molecule has 0 unspecified atom stereocenters. The summed E-state index contributed by atoms with van der Waals surface area (Å²) in [5, 5.41) is 5.29. The first-order chi connectivity index (χ1) is 6.92. The van der Waals surface area contributed by atoms with E-state index in [0.717, 1.165) is 31.1 Å². The Balaban J connectivity index is 2.04. The fourth-order valence-electron chi connectivity index (χ4n) is 1.83. The van der Waals surface area contributed by atoms with Crippen molar-refractivity contribution in [3.8, 4) is 0 Å². The second kappa shape index (κ2) is 4.87. The minimum Gasteiger partial charge on any atom is -0.314 e. The molecule has 1 N–H and O–H groups in total. The number of halogens is 1. The highest BCUT2D eigenvalue weighted by Gasteiger charge is 2.22. The number of nitrogens with zero attached hydrogens (tertiary/aromatic N) is 1. The summed E-state index contributed by atoms with van der Waals surface area (Å²) in [6, 6.07) is 4.00.